The van der Waals surface area contributed by atoms with Gasteiger partial charge in [-0.1, -0.05) is 41.0 Å². The molecule has 0 aliphatic rings. The standard InChI is InChI=1S/C15H28N4/c1-8-10(2)9-19(7)13-11(3)12(16)17-14(18-13)15(4,5)6/h10H,8-9H2,1-7H3,(H2,16,17,18). The van der Waals surface area contributed by atoms with E-state index in [2.05, 4.69) is 51.6 Å². The van der Waals surface area contributed by atoms with Gasteiger partial charge >= 0.3 is 0 Å². The lowest BCUT2D eigenvalue weighted by Crippen LogP contribution is -2.28. The molecule has 1 aromatic rings. The van der Waals surface area contributed by atoms with Gasteiger partial charge in [0.25, 0.3) is 0 Å². The highest BCUT2D eigenvalue weighted by atomic mass is 15.2. The van der Waals surface area contributed by atoms with Crippen molar-refractivity contribution in [3.63, 3.8) is 0 Å². The summed E-state index contributed by atoms with van der Waals surface area (Å²) >= 11 is 0. The van der Waals surface area contributed by atoms with E-state index in [4.69, 9.17) is 10.7 Å². The molecule has 1 unspecified atom stereocenters. The minimum atomic E-state index is -0.0895. The first-order valence-corrected chi connectivity index (χ1v) is 7.02. The Balaban J connectivity index is 3.16. The van der Waals surface area contributed by atoms with Crippen LogP contribution in [0.1, 0.15) is 52.4 Å². The molecule has 0 aliphatic carbocycles. The second-order valence-corrected chi connectivity index (χ2v) is 6.53. The average Bonchev–Trinajstić information content (AvgIpc) is 2.30. The fraction of sp³-hybridized carbons (Fsp3) is 0.733. The lowest BCUT2D eigenvalue weighted by Gasteiger charge is -2.26. The van der Waals surface area contributed by atoms with E-state index in [-0.39, 0.29) is 5.41 Å². The fourth-order valence-electron chi connectivity index (χ4n) is 1.91. The SMILES string of the molecule is CCC(C)CN(C)c1nc(C(C)(C)C)nc(N)c1C. The molecule has 1 heterocycles. The van der Waals surface area contributed by atoms with Crippen LogP contribution < -0.4 is 10.6 Å². The zero-order chi connectivity index (χ0) is 14.8. The molecule has 108 valence electrons. The molecular formula is C15H28N4. The molecule has 0 amide bonds. The van der Waals surface area contributed by atoms with Crippen LogP contribution in [0.15, 0.2) is 0 Å². The number of hydrogen-bond donors (Lipinski definition) is 1. The highest BCUT2D eigenvalue weighted by molar-refractivity contribution is 5.56. The van der Waals surface area contributed by atoms with Crippen molar-refractivity contribution >= 4 is 11.6 Å². The second kappa shape index (κ2) is 5.76. The summed E-state index contributed by atoms with van der Waals surface area (Å²) in [6, 6.07) is 0. The average molecular weight is 264 g/mol. The van der Waals surface area contributed by atoms with Crippen LogP contribution in [0.25, 0.3) is 0 Å². The molecule has 1 rings (SSSR count). The molecule has 0 saturated carbocycles. The largest absolute Gasteiger partial charge is 0.383 e. The van der Waals surface area contributed by atoms with Gasteiger partial charge < -0.3 is 10.6 Å². The van der Waals surface area contributed by atoms with E-state index in [9.17, 15) is 0 Å². The molecule has 0 radical (unpaired) electrons. The third-order valence-corrected chi connectivity index (χ3v) is 3.47. The maximum absolute atomic E-state index is 6.04. The van der Waals surface area contributed by atoms with Crippen molar-refractivity contribution in [3.8, 4) is 0 Å². The molecule has 1 atom stereocenters. The zero-order valence-corrected chi connectivity index (χ0v) is 13.4. The van der Waals surface area contributed by atoms with Gasteiger partial charge in [0.15, 0.2) is 0 Å². The van der Waals surface area contributed by atoms with E-state index >= 15 is 0 Å². The van der Waals surface area contributed by atoms with Gasteiger partial charge in [-0.05, 0) is 12.8 Å². The molecular weight excluding hydrogens is 236 g/mol. The van der Waals surface area contributed by atoms with Crippen molar-refractivity contribution in [2.45, 2.75) is 53.4 Å². The molecule has 0 aromatic carbocycles. The molecule has 0 spiro atoms. The third kappa shape index (κ3) is 3.82. The molecule has 4 heteroatoms. The van der Waals surface area contributed by atoms with Crippen LogP contribution in [0, 0.1) is 12.8 Å². The summed E-state index contributed by atoms with van der Waals surface area (Å²) in [5.74, 6) is 2.99. The Hall–Kier alpha value is -1.32. The predicted octanol–water partition coefficient (Wildman–Crippen LogP) is 3.15. The maximum Gasteiger partial charge on any atom is 0.138 e. The Morgan fingerprint density at radius 1 is 1.26 bits per heavy atom. The van der Waals surface area contributed by atoms with Crippen molar-refractivity contribution < 1.29 is 0 Å². The third-order valence-electron chi connectivity index (χ3n) is 3.47. The normalized spacial score (nSPS) is 13.4. The highest BCUT2D eigenvalue weighted by Gasteiger charge is 2.22. The van der Waals surface area contributed by atoms with Crippen LogP contribution in [-0.4, -0.2) is 23.6 Å². The number of nitrogens with zero attached hydrogens (tertiary/aromatic N) is 3. The Bertz CT molecular complexity index is 435. The summed E-state index contributed by atoms with van der Waals surface area (Å²) in [5, 5.41) is 0. The Morgan fingerprint density at radius 2 is 1.84 bits per heavy atom. The van der Waals surface area contributed by atoms with E-state index in [0.717, 1.165) is 30.2 Å². The van der Waals surface area contributed by atoms with Crippen LogP contribution in [-0.2, 0) is 5.41 Å². The summed E-state index contributed by atoms with van der Waals surface area (Å²) in [4.78, 5) is 11.3. The lowest BCUT2D eigenvalue weighted by molar-refractivity contribution is 0.536. The topological polar surface area (TPSA) is 55.0 Å². The molecule has 19 heavy (non-hydrogen) atoms. The lowest BCUT2D eigenvalue weighted by atomic mass is 9.95. The summed E-state index contributed by atoms with van der Waals surface area (Å²) in [6.45, 7) is 13.8. The molecule has 0 fully saturated rings. The predicted molar refractivity (Wildman–Crippen MR) is 82.6 cm³/mol. The Kier molecular flexibility index (Phi) is 4.77. The maximum atomic E-state index is 6.04. The first-order chi connectivity index (χ1) is 8.66. The summed E-state index contributed by atoms with van der Waals surface area (Å²) in [7, 11) is 2.08. The smallest absolute Gasteiger partial charge is 0.138 e. The van der Waals surface area contributed by atoms with Crippen molar-refractivity contribution in [3.05, 3.63) is 11.4 Å². The molecule has 0 bridgehead atoms. The number of hydrogen-bond acceptors (Lipinski definition) is 4. The first-order valence-electron chi connectivity index (χ1n) is 7.02. The van der Waals surface area contributed by atoms with E-state index < -0.39 is 0 Å². The summed E-state index contributed by atoms with van der Waals surface area (Å²) in [6.07, 6.45) is 1.16. The van der Waals surface area contributed by atoms with Gasteiger partial charge in [0.1, 0.15) is 17.5 Å². The quantitative estimate of drug-likeness (QED) is 0.907. The summed E-state index contributed by atoms with van der Waals surface area (Å²) < 4.78 is 0. The second-order valence-electron chi connectivity index (χ2n) is 6.53. The molecule has 1 aromatic heterocycles. The van der Waals surface area contributed by atoms with Crippen molar-refractivity contribution in [1.29, 1.82) is 0 Å². The molecule has 0 aliphatic heterocycles. The van der Waals surface area contributed by atoms with E-state index in [1.54, 1.807) is 0 Å². The van der Waals surface area contributed by atoms with Crippen molar-refractivity contribution in [1.82, 2.24) is 9.97 Å². The molecule has 4 nitrogen and oxygen atoms in total. The number of nitrogens with two attached hydrogens (primary N) is 1. The number of aromatic nitrogens is 2. The Labute approximate surface area is 117 Å². The van der Waals surface area contributed by atoms with Gasteiger partial charge in [-0.2, -0.15) is 0 Å². The molecule has 0 saturated heterocycles. The van der Waals surface area contributed by atoms with Gasteiger partial charge in [0.05, 0.1) is 0 Å². The van der Waals surface area contributed by atoms with Crippen molar-refractivity contribution in [2.75, 3.05) is 24.2 Å². The minimum Gasteiger partial charge on any atom is -0.383 e. The van der Waals surface area contributed by atoms with Gasteiger partial charge in [0, 0.05) is 24.6 Å². The van der Waals surface area contributed by atoms with Crippen molar-refractivity contribution in [2.24, 2.45) is 5.92 Å². The van der Waals surface area contributed by atoms with Crippen LogP contribution in [0.2, 0.25) is 0 Å². The van der Waals surface area contributed by atoms with Crippen LogP contribution in [0.4, 0.5) is 11.6 Å². The number of rotatable bonds is 4. The van der Waals surface area contributed by atoms with Gasteiger partial charge in [0.2, 0.25) is 0 Å². The van der Waals surface area contributed by atoms with Gasteiger partial charge in [-0.15, -0.1) is 0 Å². The summed E-state index contributed by atoms with van der Waals surface area (Å²) in [5.41, 5.74) is 6.92. The number of nitrogen functional groups attached to an aromatic ring is 1. The van der Waals surface area contributed by atoms with Gasteiger partial charge in [-0.3, -0.25) is 0 Å². The van der Waals surface area contributed by atoms with E-state index in [0.29, 0.717) is 11.7 Å². The van der Waals surface area contributed by atoms with E-state index in [1.165, 1.54) is 0 Å². The fourth-order valence-corrected chi connectivity index (χ4v) is 1.91. The van der Waals surface area contributed by atoms with Crippen LogP contribution >= 0.6 is 0 Å². The molecule has 2 N–H and O–H groups in total. The highest BCUT2D eigenvalue weighted by Crippen LogP contribution is 2.27. The Morgan fingerprint density at radius 3 is 2.32 bits per heavy atom. The zero-order valence-electron chi connectivity index (χ0n) is 13.4. The van der Waals surface area contributed by atoms with Gasteiger partial charge in [-0.25, -0.2) is 9.97 Å². The number of anilines is 2. The van der Waals surface area contributed by atoms with E-state index in [1.807, 2.05) is 6.92 Å². The minimum absolute atomic E-state index is 0.0895. The first kappa shape index (κ1) is 15.7. The van der Waals surface area contributed by atoms with Crippen LogP contribution in [0.3, 0.4) is 0 Å². The monoisotopic (exact) mass is 264 g/mol. The van der Waals surface area contributed by atoms with Crippen LogP contribution in [0.5, 0.6) is 0 Å².